The molecule has 3 aromatic carbocycles. The van der Waals surface area contributed by atoms with Crippen molar-refractivity contribution in [2.45, 2.75) is 10.8 Å². The molecule has 0 saturated carbocycles. The summed E-state index contributed by atoms with van der Waals surface area (Å²) in [7, 11) is -4.09. The first-order valence-electron chi connectivity index (χ1n) is 11.6. The van der Waals surface area contributed by atoms with Crippen molar-refractivity contribution in [3.05, 3.63) is 114 Å². The van der Waals surface area contributed by atoms with Crippen LogP contribution in [0, 0.1) is 0 Å². The Morgan fingerprint density at radius 3 is 2.33 bits per heavy atom. The van der Waals surface area contributed by atoms with E-state index in [1.807, 2.05) is 29.0 Å². The van der Waals surface area contributed by atoms with Crippen molar-refractivity contribution >= 4 is 77.2 Å². The zero-order valence-corrected chi connectivity index (χ0v) is 24.2. The maximum absolute atomic E-state index is 13.2. The van der Waals surface area contributed by atoms with Gasteiger partial charge in [0.2, 0.25) is 0 Å². The molecule has 40 heavy (non-hydrogen) atoms. The highest BCUT2D eigenvalue weighted by Crippen LogP contribution is 2.25. The van der Waals surface area contributed by atoms with Gasteiger partial charge in [-0.05, 0) is 72.3 Å². The number of fused-ring (bicyclic) bond motifs is 1. The fourth-order valence-electron chi connectivity index (χ4n) is 3.83. The molecule has 0 aliphatic rings. The third-order valence-corrected chi connectivity index (χ3v) is 9.31. The predicted molar refractivity (Wildman–Crippen MR) is 160 cm³/mol. The van der Waals surface area contributed by atoms with Gasteiger partial charge in [-0.1, -0.05) is 39.7 Å². The van der Waals surface area contributed by atoms with Gasteiger partial charge < -0.3 is 15.6 Å². The molecule has 4 N–H and O–H groups in total. The Labute approximate surface area is 244 Å². The van der Waals surface area contributed by atoms with Crippen LogP contribution in [0.5, 0.6) is 0 Å². The Hall–Kier alpha value is -3.91. The fraction of sp³-hybridized carbons (Fsp3) is 0.0385. The highest BCUT2D eigenvalue weighted by Gasteiger charge is 2.20. The number of aromatic amines is 1. The van der Waals surface area contributed by atoms with E-state index in [0.29, 0.717) is 17.4 Å². The molecule has 2 aromatic heterocycles. The van der Waals surface area contributed by atoms with Gasteiger partial charge in [-0.15, -0.1) is 11.3 Å². The molecule has 204 valence electrons. The van der Waals surface area contributed by atoms with E-state index >= 15 is 0 Å². The van der Waals surface area contributed by atoms with Crippen LogP contribution in [0.2, 0.25) is 4.34 Å². The van der Waals surface area contributed by atoms with Crippen LogP contribution in [-0.2, 0) is 16.6 Å². The third-order valence-electron chi connectivity index (χ3n) is 5.73. The number of benzene rings is 3. The van der Waals surface area contributed by atoms with Gasteiger partial charge in [-0.2, -0.15) is 0 Å². The summed E-state index contributed by atoms with van der Waals surface area (Å²) < 4.78 is 28.6. The molecular weight excluding hydrogens is 642 g/mol. The highest BCUT2D eigenvalue weighted by molar-refractivity contribution is 9.10. The maximum atomic E-state index is 13.2. The molecule has 14 heteroatoms. The highest BCUT2D eigenvalue weighted by atomic mass is 79.9. The first-order chi connectivity index (χ1) is 19.1. The van der Waals surface area contributed by atoms with Gasteiger partial charge in [-0.25, -0.2) is 27.3 Å². The SMILES string of the molecule is O=C(Nc1ccc(-n2c(=O)[nH]c3cc(NCc4ccc(Br)cc4)ccc3c2=O)cc1)NS(=O)(=O)c1ccc(Cl)s1. The number of halogens is 2. The third kappa shape index (κ3) is 6.12. The molecule has 0 unspecified atom stereocenters. The second-order valence-corrected chi connectivity index (χ2v) is 13.0. The van der Waals surface area contributed by atoms with E-state index in [2.05, 4.69) is 31.5 Å². The van der Waals surface area contributed by atoms with Crippen LogP contribution in [0.3, 0.4) is 0 Å². The van der Waals surface area contributed by atoms with Crippen molar-refractivity contribution in [2.24, 2.45) is 0 Å². The first-order valence-corrected chi connectivity index (χ1v) is 15.0. The van der Waals surface area contributed by atoms with E-state index in [-0.39, 0.29) is 19.9 Å². The lowest BCUT2D eigenvalue weighted by molar-refractivity contribution is 0.256. The minimum Gasteiger partial charge on any atom is -0.381 e. The summed E-state index contributed by atoms with van der Waals surface area (Å²) in [5.74, 6) is 0. The molecule has 0 aliphatic heterocycles. The number of nitrogens with zero attached hydrogens (tertiary/aromatic N) is 1. The number of amides is 2. The lowest BCUT2D eigenvalue weighted by Gasteiger charge is -2.11. The number of carbonyl (C=O) groups excluding carboxylic acids is 1. The van der Waals surface area contributed by atoms with Crippen molar-refractivity contribution in [3.8, 4) is 5.69 Å². The molecule has 5 rings (SSSR count). The predicted octanol–water partition coefficient (Wildman–Crippen LogP) is 5.28. The Balaban J connectivity index is 1.31. The standard InChI is InChI=1S/C26H19BrClN5O5S2/c27-16-3-1-15(2-4-16)14-29-18-7-10-20-21(13-18)31-26(36)33(24(20)34)19-8-5-17(6-9-19)30-25(35)32-40(37,38)23-12-11-22(28)39-23/h1-13,29H,14H2,(H,31,36)(H2,30,32,35). The number of hydrogen-bond donors (Lipinski definition) is 4. The molecule has 0 saturated heterocycles. The molecule has 0 bridgehead atoms. The van der Waals surface area contributed by atoms with E-state index in [0.717, 1.165) is 31.6 Å². The molecule has 10 nitrogen and oxygen atoms in total. The molecule has 0 aliphatic carbocycles. The molecule has 5 aromatic rings. The number of urea groups is 1. The topological polar surface area (TPSA) is 142 Å². The van der Waals surface area contributed by atoms with Gasteiger partial charge in [0.1, 0.15) is 4.21 Å². The summed E-state index contributed by atoms with van der Waals surface area (Å²) in [6.45, 7) is 0.562. The van der Waals surface area contributed by atoms with Crippen LogP contribution >= 0.6 is 38.9 Å². The van der Waals surface area contributed by atoms with Crippen LogP contribution < -0.4 is 26.6 Å². The quantitative estimate of drug-likeness (QED) is 0.187. The van der Waals surface area contributed by atoms with Gasteiger partial charge in [0, 0.05) is 22.4 Å². The largest absolute Gasteiger partial charge is 0.381 e. The minimum atomic E-state index is -4.09. The number of sulfonamides is 1. The van der Waals surface area contributed by atoms with Crippen LogP contribution in [0.4, 0.5) is 16.2 Å². The van der Waals surface area contributed by atoms with Gasteiger partial charge in [0.05, 0.1) is 20.9 Å². The molecule has 0 fully saturated rings. The maximum Gasteiger partial charge on any atom is 0.333 e. The summed E-state index contributed by atoms with van der Waals surface area (Å²) in [5, 5.41) is 5.99. The van der Waals surface area contributed by atoms with E-state index in [1.165, 1.54) is 36.4 Å². The number of hydrogen-bond acceptors (Lipinski definition) is 7. The number of thiophene rings is 1. The van der Waals surface area contributed by atoms with Crippen molar-refractivity contribution in [3.63, 3.8) is 0 Å². The summed E-state index contributed by atoms with van der Waals surface area (Å²) in [4.78, 5) is 41.0. The van der Waals surface area contributed by atoms with E-state index in [9.17, 15) is 22.8 Å². The van der Waals surface area contributed by atoms with Crippen molar-refractivity contribution in [2.75, 3.05) is 10.6 Å². The van der Waals surface area contributed by atoms with Gasteiger partial charge >= 0.3 is 11.7 Å². The van der Waals surface area contributed by atoms with Crippen LogP contribution in [0.25, 0.3) is 16.6 Å². The molecule has 0 radical (unpaired) electrons. The Morgan fingerprint density at radius 1 is 0.950 bits per heavy atom. The minimum absolute atomic E-state index is 0.106. The van der Waals surface area contributed by atoms with E-state index in [4.69, 9.17) is 11.6 Å². The number of H-pyrrole nitrogens is 1. The van der Waals surface area contributed by atoms with E-state index in [1.54, 1.807) is 18.2 Å². The number of nitrogens with one attached hydrogen (secondary N) is 4. The Bertz CT molecular complexity index is 1950. The van der Waals surface area contributed by atoms with Gasteiger partial charge in [-0.3, -0.25) is 4.79 Å². The second-order valence-electron chi connectivity index (χ2n) is 8.48. The van der Waals surface area contributed by atoms with Crippen molar-refractivity contribution < 1.29 is 13.2 Å². The first kappa shape index (κ1) is 27.6. The Kier molecular flexibility index (Phi) is 7.81. The molecule has 0 atom stereocenters. The zero-order valence-electron chi connectivity index (χ0n) is 20.3. The molecular formula is C26H19BrClN5O5S2. The average Bonchev–Trinajstić information content (AvgIpc) is 3.36. The lowest BCUT2D eigenvalue weighted by atomic mass is 10.2. The number of carbonyl (C=O) groups is 1. The number of anilines is 2. The smallest absolute Gasteiger partial charge is 0.333 e. The van der Waals surface area contributed by atoms with E-state index < -0.39 is 27.3 Å². The molecule has 2 amide bonds. The van der Waals surface area contributed by atoms with Crippen molar-refractivity contribution in [1.29, 1.82) is 0 Å². The number of rotatable bonds is 7. The zero-order chi connectivity index (χ0) is 28.4. The van der Waals surface area contributed by atoms with Crippen LogP contribution in [0.1, 0.15) is 5.56 Å². The van der Waals surface area contributed by atoms with Gasteiger partial charge in [0.25, 0.3) is 15.6 Å². The molecule has 0 spiro atoms. The fourth-order valence-corrected chi connectivity index (χ4v) is 6.49. The average molecular weight is 661 g/mol. The summed E-state index contributed by atoms with van der Waals surface area (Å²) in [6, 6.07) is 20.5. The monoisotopic (exact) mass is 659 g/mol. The number of aromatic nitrogens is 2. The second kappa shape index (κ2) is 11.3. The van der Waals surface area contributed by atoms with Crippen molar-refractivity contribution in [1.82, 2.24) is 14.3 Å². The van der Waals surface area contributed by atoms with Crippen LogP contribution in [0.15, 0.2) is 97.1 Å². The normalized spacial score (nSPS) is 11.3. The molecule has 2 heterocycles. The van der Waals surface area contributed by atoms with Crippen LogP contribution in [-0.4, -0.2) is 24.0 Å². The summed E-state index contributed by atoms with van der Waals surface area (Å²) in [6.07, 6.45) is 0. The summed E-state index contributed by atoms with van der Waals surface area (Å²) in [5.41, 5.74) is 1.54. The Morgan fingerprint density at radius 2 is 1.65 bits per heavy atom. The summed E-state index contributed by atoms with van der Waals surface area (Å²) >= 11 is 9.99. The van der Waals surface area contributed by atoms with Gasteiger partial charge in [0.15, 0.2) is 0 Å². The lowest BCUT2D eigenvalue weighted by Crippen LogP contribution is -2.34.